The Morgan fingerprint density at radius 3 is 2.75 bits per heavy atom. The molecule has 0 aliphatic heterocycles. The molecule has 7 heteroatoms. The van der Waals surface area contributed by atoms with Crippen LogP contribution in [0.25, 0.3) is 0 Å². The quantitative estimate of drug-likeness (QED) is 0.442. The highest BCUT2D eigenvalue weighted by molar-refractivity contribution is 7.99. The Hall–Kier alpha value is -1.08. The van der Waals surface area contributed by atoms with Gasteiger partial charge in [-0.1, -0.05) is 32.0 Å². The van der Waals surface area contributed by atoms with Crippen molar-refractivity contribution in [3.63, 3.8) is 0 Å². The topological polar surface area (TPSA) is 86.0 Å². The van der Waals surface area contributed by atoms with Gasteiger partial charge in [-0.3, -0.25) is 5.43 Å². The summed E-state index contributed by atoms with van der Waals surface area (Å²) in [6.07, 6.45) is 1.14. The number of hydrazine groups is 1. The van der Waals surface area contributed by atoms with Crippen LogP contribution in [0, 0.1) is 5.92 Å². The smallest absolute Gasteiger partial charge is 0.321 e. The molecular weight excluding hydrogens is 226 g/mol. The van der Waals surface area contributed by atoms with Crippen LogP contribution in [0.5, 0.6) is 6.01 Å². The summed E-state index contributed by atoms with van der Waals surface area (Å²) in [7, 11) is 1.51. The van der Waals surface area contributed by atoms with Gasteiger partial charge in [-0.25, -0.2) is 5.84 Å². The molecule has 0 saturated heterocycles. The van der Waals surface area contributed by atoms with Gasteiger partial charge >= 0.3 is 6.01 Å². The fourth-order valence-electron chi connectivity index (χ4n) is 0.893. The van der Waals surface area contributed by atoms with Gasteiger partial charge in [-0.2, -0.15) is 15.0 Å². The van der Waals surface area contributed by atoms with E-state index in [4.69, 9.17) is 10.6 Å². The second kappa shape index (κ2) is 6.49. The van der Waals surface area contributed by atoms with Crippen molar-refractivity contribution in [1.82, 2.24) is 15.0 Å². The number of methoxy groups -OCH3 is 1. The van der Waals surface area contributed by atoms with E-state index in [-0.39, 0.29) is 6.01 Å². The summed E-state index contributed by atoms with van der Waals surface area (Å²) in [6, 6.07) is 0.273. The first kappa shape index (κ1) is 13.0. The fourth-order valence-corrected chi connectivity index (χ4v) is 1.86. The first-order chi connectivity index (χ1) is 7.69. The summed E-state index contributed by atoms with van der Waals surface area (Å²) >= 11 is 1.57. The number of nitrogens with two attached hydrogens (primary N) is 1. The maximum Gasteiger partial charge on any atom is 0.321 e. The van der Waals surface area contributed by atoms with Crippen LogP contribution in [-0.2, 0) is 0 Å². The summed E-state index contributed by atoms with van der Waals surface area (Å²) < 4.78 is 4.96. The Labute approximate surface area is 99.4 Å². The number of aromatic nitrogens is 3. The van der Waals surface area contributed by atoms with Crippen molar-refractivity contribution in [2.24, 2.45) is 11.8 Å². The lowest BCUT2D eigenvalue weighted by molar-refractivity contribution is 0.373. The summed E-state index contributed by atoms with van der Waals surface area (Å²) in [4.78, 5) is 12.2. The molecule has 0 aliphatic rings. The van der Waals surface area contributed by atoms with E-state index < -0.39 is 0 Å². The molecule has 0 aliphatic carbocycles. The molecule has 0 aromatic carbocycles. The van der Waals surface area contributed by atoms with Crippen molar-refractivity contribution in [2.75, 3.05) is 18.3 Å². The Morgan fingerprint density at radius 2 is 2.19 bits per heavy atom. The third kappa shape index (κ3) is 3.82. The van der Waals surface area contributed by atoms with Gasteiger partial charge in [0, 0.05) is 5.75 Å². The second-order valence-corrected chi connectivity index (χ2v) is 4.38. The number of ether oxygens (including phenoxy) is 1. The van der Waals surface area contributed by atoms with Crippen LogP contribution in [0.4, 0.5) is 5.95 Å². The van der Waals surface area contributed by atoms with Gasteiger partial charge in [-0.15, -0.1) is 0 Å². The summed E-state index contributed by atoms with van der Waals surface area (Å²) in [5.74, 6) is 7.17. The van der Waals surface area contributed by atoms with Crippen LogP contribution >= 0.6 is 11.8 Å². The van der Waals surface area contributed by atoms with E-state index in [1.54, 1.807) is 11.8 Å². The molecule has 0 amide bonds. The van der Waals surface area contributed by atoms with Crippen LogP contribution in [0.3, 0.4) is 0 Å². The van der Waals surface area contributed by atoms with Crippen molar-refractivity contribution >= 4 is 17.7 Å². The van der Waals surface area contributed by atoms with Gasteiger partial charge < -0.3 is 4.74 Å². The molecule has 0 bridgehead atoms. The Kier molecular flexibility index (Phi) is 5.27. The number of nitrogens with zero attached hydrogens (tertiary/aromatic N) is 3. The summed E-state index contributed by atoms with van der Waals surface area (Å²) in [5, 5.41) is 0.625. The van der Waals surface area contributed by atoms with Crippen LogP contribution < -0.4 is 16.0 Å². The van der Waals surface area contributed by atoms with Crippen molar-refractivity contribution < 1.29 is 4.74 Å². The molecule has 90 valence electrons. The minimum atomic E-state index is 0.273. The molecule has 1 aromatic rings. The van der Waals surface area contributed by atoms with Crippen LogP contribution in [-0.4, -0.2) is 27.8 Å². The van der Waals surface area contributed by atoms with Crippen molar-refractivity contribution in [2.45, 2.75) is 25.4 Å². The highest BCUT2D eigenvalue weighted by Gasteiger charge is 2.08. The highest BCUT2D eigenvalue weighted by Crippen LogP contribution is 2.20. The van der Waals surface area contributed by atoms with E-state index in [9.17, 15) is 0 Å². The lowest BCUT2D eigenvalue weighted by Gasteiger charge is -2.08. The van der Waals surface area contributed by atoms with E-state index in [1.165, 1.54) is 7.11 Å². The molecule has 6 nitrogen and oxygen atoms in total. The normalized spacial score (nSPS) is 12.2. The first-order valence-corrected chi connectivity index (χ1v) is 6.07. The molecule has 1 aromatic heterocycles. The zero-order valence-corrected chi connectivity index (χ0v) is 10.5. The van der Waals surface area contributed by atoms with Gasteiger partial charge in [0.15, 0.2) is 5.16 Å². The van der Waals surface area contributed by atoms with Crippen LogP contribution in [0.1, 0.15) is 20.3 Å². The van der Waals surface area contributed by atoms with Crippen molar-refractivity contribution in [1.29, 1.82) is 0 Å². The van der Waals surface area contributed by atoms with Gasteiger partial charge in [0.2, 0.25) is 5.95 Å². The number of hydrogen-bond donors (Lipinski definition) is 2. The minimum Gasteiger partial charge on any atom is -0.467 e. The zero-order valence-electron chi connectivity index (χ0n) is 9.73. The predicted molar refractivity (Wildman–Crippen MR) is 64.4 cm³/mol. The van der Waals surface area contributed by atoms with Gasteiger partial charge in [0.25, 0.3) is 0 Å². The molecule has 1 unspecified atom stereocenters. The molecule has 0 radical (unpaired) electrons. The third-order valence-electron chi connectivity index (χ3n) is 2.10. The Morgan fingerprint density at radius 1 is 1.44 bits per heavy atom. The standard InChI is InChI=1S/C9H17N5OS/c1-4-6(2)5-16-9-12-7(14-10)11-8(13-9)15-3/h6H,4-5,10H2,1-3H3,(H,11,12,13,14). The molecule has 1 rings (SSSR count). The van der Waals surface area contributed by atoms with Gasteiger partial charge in [0.05, 0.1) is 7.11 Å². The number of nitrogen functional groups attached to an aromatic ring is 1. The second-order valence-electron chi connectivity index (χ2n) is 3.40. The van der Waals surface area contributed by atoms with E-state index in [0.717, 1.165) is 12.2 Å². The van der Waals surface area contributed by atoms with E-state index >= 15 is 0 Å². The van der Waals surface area contributed by atoms with Gasteiger partial charge in [-0.05, 0) is 5.92 Å². The average Bonchev–Trinajstić information content (AvgIpc) is 2.35. The first-order valence-electron chi connectivity index (χ1n) is 5.09. The highest BCUT2D eigenvalue weighted by atomic mass is 32.2. The number of nitrogens with one attached hydrogen (secondary N) is 1. The van der Waals surface area contributed by atoms with E-state index in [1.807, 2.05) is 0 Å². The third-order valence-corrected chi connectivity index (χ3v) is 3.28. The summed E-state index contributed by atoms with van der Waals surface area (Å²) in [5.41, 5.74) is 2.39. The average molecular weight is 243 g/mol. The van der Waals surface area contributed by atoms with Crippen LogP contribution in [0.2, 0.25) is 0 Å². The number of anilines is 1. The van der Waals surface area contributed by atoms with Crippen LogP contribution in [0.15, 0.2) is 5.16 Å². The summed E-state index contributed by atoms with van der Waals surface area (Å²) in [6.45, 7) is 4.35. The molecule has 0 fully saturated rings. The maximum atomic E-state index is 5.26. The number of thioether (sulfide) groups is 1. The molecule has 1 atom stereocenters. The van der Waals surface area contributed by atoms with Crippen molar-refractivity contribution in [3.8, 4) is 6.01 Å². The maximum absolute atomic E-state index is 5.26. The fraction of sp³-hybridized carbons (Fsp3) is 0.667. The van der Waals surface area contributed by atoms with Crippen molar-refractivity contribution in [3.05, 3.63) is 0 Å². The molecule has 1 heterocycles. The monoisotopic (exact) mass is 243 g/mol. The molecule has 0 saturated carbocycles. The molecule has 16 heavy (non-hydrogen) atoms. The molecule has 3 N–H and O–H groups in total. The molecular formula is C9H17N5OS. The lowest BCUT2D eigenvalue weighted by Crippen LogP contribution is -2.12. The number of rotatable bonds is 6. The zero-order chi connectivity index (χ0) is 12.0. The van der Waals surface area contributed by atoms with Gasteiger partial charge in [0.1, 0.15) is 0 Å². The minimum absolute atomic E-state index is 0.273. The SMILES string of the molecule is CCC(C)CSc1nc(NN)nc(OC)n1. The van der Waals surface area contributed by atoms with E-state index in [0.29, 0.717) is 17.0 Å². The Balaban J connectivity index is 2.71. The lowest BCUT2D eigenvalue weighted by atomic mass is 10.2. The predicted octanol–water partition coefficient (Wildman–Crippen LogP) is 1.30. The largest absolute Gasteiger partial charge is 0.467 e. The number of hydrogen-bond acceptors (Lipinski definition) is 7. The Bertz CT molecular complexity index is 313. The molecule has 0 spiro atoms. The van der Waals surface area contributed by atoms with E-state index in [2.05, 4.69) is 34.2 Å².